The minimum absolute atomic E-state index is 0.441. The molecule has 1 aromatic heterocycles. The molecule has 0 spiro atoms. The molecule has 54 valence electrons. The molecule has 0 saturated heterocycles. The summed E-state index contributed by atoms with van der Waals surface area (Å²) in [5.41, 5.74) is 6.63. The molecular weight excluding hydrogens is 158 g/mol. The van der Waals surface area contributed by atoms with Gasteiger partial charge in [-0.15, -0.1) is 11.3 Å². The van der Waals surface area contributed by atoms with Crippen LogP contribution >= 0.6 is 11.3 Å². The Morgan fingerprint density at radius 1 is 1.73 bits per heavy atom. The number of nitrogens with two attached hydrogens (primary N) is 1. The highest BCUT2D eigenvalue weighted by molar-refractivity contribution is 7.20. The lowest BCUT2D eigenvalue weighted by atomic mass is 10.2. The summed E-state index contributed by atoms with van der Waals surface area (Å²) in [6.07, 6.45) is 0. The average Bonchev–Trinajstić information content (AvgIpc) is 2.26. The second-order valence-corrected chi connectivity index (χ2v) is 3.03. The molecule has 0 unspecified atom stereocenters. The standard InChI is InChI=1S/C7H5N3S/c1-4-5(3-8)6(9)11-7(4)10-2/h9H2,1H3. The zero-order chi connectivity index (χ0) is 8.43. The summed E-state index contributed by atoms with van der Waals surface area (Å²) in [6.45, 7) is 8.48. The molecule has 2 N–H and O–H groups in total. The maximum atomic E-state index is 8.58. The van der Waals surface area contributed by atoms with E-state index >= 15 is 0 Å². The van der Waals surface area contributed by atoms with Crippen LogP contribution in [0.2, 0.25) is 0 Å². The summed E-state index contributed by atoms with van der Waals surface area (Å²) in [6, 6.07) is 1.96. The van der Waals surface area contributed by atoms with E-state index in [1.165, 1.54) is 11.3 Å². The average molecular weight is 163 g/mol. The number of rotatable bonds is 0. The summed E-state index contributed by atoms with van der Waals surface area (Å²) in [7, 11) is 0. The van der Waals surface area contributed by atoms with Crippen LogP contribution in [0.1, 0.15) is 11.1 Å². The smallest absolute Gasteiger partial charge is 0.247 e. The number of nitriles is 1. The van der Waals surface area contributed by atoms with E-state index in [1.807, 2.05) is 6.07 Å². The van der Waals surface area contributed by atoms with E-state index in [0.29, 0.717) is 21.1 Å². The first-order valence-corrected chi connectivity index (χ1v) is 3.68. The van der Waals surface area contributed by atoms with Crippen molar-refractivity contribution in [3.8, 4) is 6.07 Å². The van der Waals surface area contributed by atoms with Crippen molar-refractivity contribution >= 4 is 21.3 Å². The third-order valence-corrected chi connectivity index (χ3v) is 2.38. The Morgan fingerprint density at radius 3 is 2.64 bits per heavy atom. The number of hydrogen-bond donors (Lipinski definition) is 1. The third kappa shape index (κ3) is 1.04. The van der Waals surface area contributed by atoms with Crippen molar-refractivity contribution in [2.24, 2.45) is 0 Å². The minimum Gasteiger partial charge on any atom is -0.391 e. The SMILES string of the molecule is [C-]#[N+]c1sc(N)c(C#N)c1C. The van der Waals surface area contributed by atoms with Crippen molar-refractivity contribution in [2.75, 3.05) is 5.73 Å². The van der Waals surface area contributed by atoms with Gasteiger partial charge in [0.25, 0.3) is 0 Å². The van der Waals surface area contributed by atoms with Gasteiger partial charge in [0.1, 0.15) is 6.07 Å². The number of nitrogens with zero attached hydrogens (tertiary/aromatic N) is 2. The molecule has 0 amide bonds. The topological polar surface area (TPSA) is 54.2 Å². The quantitative estimate of drug-likeness (QED) is 0.595. The Kier molecular flexibility index (Phi) is 1.80. The minimum atomic E-state index is 0.441. The molecule has 11 heavy (non-hydrogen) atoms. The lowest BCUT2D eigenvalue weighted by Crippen LogP contribution is -1.83. The zero-order valence-corrected chi connectivity index (χ0v) is 6.70. The molecule has 1 aromatic rings. The second kappa shape index (κ2) is 2.61. The Labute approximate surface area is 68.5 Å². The van der Waals surface area contributed by atoms with Gasteiger partial charge in [0, 0.05) is 0 Å². The first kappa shape index (κ1) is 7.59. The second-order valence-electron chi connectivity index (χ2n) is 2.00. The van der Waals surface area contributed by atoms with Gasteiger partial charge in [0.2, 0.25) is 5.00 Å². The summed E-state index contributed by atoms with van der Waals surface area (Å²) in [5, 5.41) is 9.54. The van der Waals surface area contributed by atoms with Crippen molar-refractivity contribution < 1.29 is 0 Å². The number of thiophene rings is 1. The molecule has 0 radical (unpaired) electrons. The molecule has 0 aliphatic rings. The molecule has 0 aromatic carbocycles. The van der Waals surface area contributed by atoms with Crippen LogP contribution in [0.3, 0.4) is 0 Å². The van der Waals surface area contributed by atoms with Crippen molar-refractivity contribution in [2.45, 2.75) is 6.92 Å². The Balaban J connectivity index is 3.43. The van der Waals surface area contributed by atoms with Gasteiger partial charge in [-0.1, -0.05) is 0 Å². The Morgan fingerprint density at radius 2 is 2.36 bits per heavy atom. The van der Waals surface area contributed by atoms with Crippen LogP contribution < -0.4 is 5.73 Å². The lowest BCUT2D eigenvalue weighted by molar-refractivity contribution is 1.45. The van der Waals surface area contributed by atoms with Crippen LogP contribution in [0.4, 0.5) is 10.0 Å². The highest BCUT2D eigenvalue weighted by atomic mass is 32.1. The normalized spacial score (nSPS) is 8.64. The third-order valence-electron chi connectivity index (χ3n) is 1.36. The fourth-order valence-corrected chi connectivity index (χ4v) is 1.58. The molecule has 0 fully saturated rings. The summed E-state index contributed by atoms with van der Waals surface area (Å²) < 4.78 is 0. The van der Waals surface area contributed by atoms with Gasteiger partial charge in [-0.2, -0.15) is 5.26 Å². The molecule has 1 rings (SSSR count). The molecule has 1 heterocycles. The molecular formula is C7H5N3S. The van der Waals surface area contributed by atoms with Crippen LogP contribution in [0.25, 0.3) is 4.85 Å². The molecule has 0 saturated carbocycles. The summed E-state index contributed by atoms with van der Waals surface area (Å²) in [5.74, 6) is 0. The van der Waals surface area contributed by atoms with Crippen LogP contribution in [0.15, 0.2) is 0 Å². The Hall–Kier alpha value is -1.52. The van der Waals surface area contributed by atoms with E-state index in [9.17, 15) is 0 Å². The molecule has 0 atom stereocenters. The largest absolute Gasteiger partial charge is 0.391 e. The van der Waals surface area contributed by atoms with Crippen molar-refractivity contribution in [1.82, 2.24) is 0 Å². The molecule has 0 aliphatic heterocycles. The number of nitrogen functional groups attached to an aromatic ring is 1. The maximum Gasteiger partial charge on any atom is 0.247 e. The van der Waals surface area contributed by atoms with E-state index in [1.54, 1.807) is 6.92 Å². The number of hydrogen-bond acceptors (Lipinski definition) is 3. The fraction of sp³-hybridized carbons (Fsp3) is 0.143. The molecule has 0 bridgehead atoms. The van der Waals surface area contributed by atoms with Gasteiger partial charge in [0.05, 0.1) is 17.1 Å². The van der Waals surface area contributed by atoms with Crippen molar-refractivity contribution in [1.29, 1.82) is 5.26 Å². The first-order chi connectivity index (χ1) is 5.20. The molecule has 4 heteroatoms. The van der Waals surface area contributed by atoms with E-state index in [-0.39, 0.29) is 0 Å². The van der Waals surface area contributed by atoms with Crippen LogP contribution in [0.5, 0.6) is 0 Å². The van der Waals surface area contributed by atoms with E-state index in [2.05, 4.69) is 4.85 Å². The van der Waals surface area contributed by atoms with Gasteiger partial charge in [0.15, 0.2) is 0 Å². The maximum absolute atomic E-state index is 8.58. The predicted molar refractivity (Wildman–Crippen MR) is 44.4 cm³/mol. The van der Waals surface area contributed by atoms with E-state index in [4.69, 9.17) is 17.6 Å². The van der Waals surface area contributed by atoms with E-state index in [0.717, 1.165) is 0 Å². The van der Waals surface area contributed by atoms with E-state index < -0.39 is 0 Å². The highest BCUT2D eigenvalue weighted by Gasteiger charge is 2.10. The lowest BCUT2D eigenvalue weighted by Gasteiger charge is -1.85. The van der Waals surface area contributed by atoms with Crippen molar-refractivity contribution in [3.63, 3.8) is 0 Å². The van der Waals surface area contributed by atoms with Crippen LogP contribution in [-0.4, -0.2) is 0 Å². The summed E-state index contributed by atoms with van der Waals surface area (Å²) >= 11 is 1.17. The van der Waals surface area contributed by atoms with Crippen molar-refractivity contribution in [3.05, 3.63) is 22.5 Å². The fourth-order valence-electron chi connectivity index (χ4n) is 0.769. The highest BCUT2D eigenvalue weighted by Crippen LogP contribution is 2.36. The van der Waals surface area contributed by atoms with Gasteiger partial charge in [-0.25, -0.2) is 4.85 Å². The van der Waals surface area contributed by atoms with Gasteiger partial charge < -0.3 is 5.73 Å². The Bertz CT molecular complexity index is 364. The molecule has 0 aliphatic carbocycles. The van der Waals surface area contributed by atoms with Crippen LogP contribution in [-0.2, 0) is 0 Å². The first-order valence-electron chi connectivity index (χ1n) is 2.87. The zero-order valence-electron chi connectivity index (χ0n) is 5.88. The summed E-state index contributed by atoms with van der Waals surface area (Å²) in [4.78, 5) is 3.24. The van der Waals surface area contributed by atoms with Gasteiger partial charge in [-0.05, 0) is 12.5 Å². The van der Waals surface area contributed by atoms with Gasteiger partial charge in [-0.3, -0.25) is 0 Å². The molecule has 3 nitrogen and oxygen atoms in total. The van der Waals surface area contributed by atoms with Gasteiger partial charge >= 0.3 is 0 Å². The van der Waals surface area contributed by atoms with Crippen LogP contribution in [0, 0.1) is 24.8 Å². The predicted octanol–water partition coefficient (Wildman–Crippen LogP) is 2.06. The number of anilines is 1. The monoisotopic (exact) mass is 163 g/mol.